The molecular formula is C7H10ClN2O5P. The molecule has 0 bridgehead atoms. The number of halogens is 1. The number of nitro groups is 1. The molecule has 1 aliphatic rings. The molecule has 1 atom stereocenters. The lowest BCUT2D eigenvalue weighted by Crippen LogP contribution is -2.04. The van der Waals surface area contributed by atoms with Crippen molar-refractivity contribution in [1.82, 2.24) is 0 Å². The minimum Gasteiger partial charge on any atom is -0.410 e. The maximum Gasteiger partial charge on any atom is 0.264 e. The van der Waals surface area contributed by atoms with Crippen molar-refractivity contribution in [2.24, 2.45) is 5.16 Å². The van der Waals surface area contributed by atoms with Crippen molar-refractivity contribution in [2.45, 2.75) is 6.92 Å². The van der Waals surface area contributed by atoms with E-state index in [9.17, 15) is 14.7 Å². The van der Waals surface area contributed by atoms with E-state index in [0.717, 1.165) is 0 Å². The van der Waals surface area contributed by atoms with Crippen molar-refractivity contribution in [3.8, 4) is 0 Å². The van der Waals surface area contributed by atoms with Crippen LogP contribution in [0.15, 0.2) is 16.4 Å². The number of nitrogens with zero attached hydrogens (tertiary/aromatic N) is 2. The first kappa shape index (κ1) is 13.2. The quantitative estimate of drug-likeness (QED) is 0.276. The normalized spacial score (nSPS) is 27.8. The minimum atomic E-state index is -3.46. The first-order valence-electron chi connectivity index (χ1n) is 4.33. The molecule has 7 nitrogen and oxygen atoms in total. The van der Waals surface area contributed by atoms with Crippen LogP contribution >= 0.6 is 19.0 Å². The van der Waals surface area contributed by atoms with Crippen LogP contribution in [0.3, 0.4) is 0 Å². The van der Waals surface area contributed by atoms with Gasteiger partial charge in [0.25, 0.3) is 13.1 Å². The van der Waals surface area contributed by atoms with Crippen molar-refractivity contribution in [3.05, 3.63) is 21.4 Å². The van der Waals surface area contributed by atoms with Crippen LogP contribution in [-0.4, -0.2) is 34.2 Å². The van der Waals surface area contributed by atoms with Gasteiger partial charge in [-0.25, -0.2) is 0 Å². The third-order valence-electron chi connectivity index (χ3n) is 2.14. The number of alkyl halides is 1. The van der Waals surface area contributed by atoms with E-state index in [0.29, 0.717) is 0 Å². The van der Waals surface area contributed by atoms with Gasteiger partial charge in [-0.2, -0.15) is 0 Å². The number of oxime groups is 1. The zero-order chi connectivity index (χ0) is 12.3. The molecule has 0 unspecified atom stereocenters. The Kier molecular flexibility index (Phi) is 4.07. The first-order chi connectivity index (χ1) is 7.46. The Morgan fingerprint density at radius 1 is 1.75 bits per heavy atom. The highest BCUT2D eigenvalue weighted by molar-refractivity contribution is 7.78. The van der Waals surface area contributed by atoms with Crippen molar-refractivity contribution in [3.63, 3.8) is 0 Å². The Morgan fingerprint density at radius 2 is 2.38 bits per heavy atom. The lowest BCUT2D eigenvalue weighted by atomic mass is 10.3. The Balaban J connectivity index is 3.05. The summed E-state index contributed by atoms with van der Waals surface area (Å²) in [7, 11) is -3.46. The zero-order valence-electron chi connectivity index (χ0n) is 8.42. The molecule has 1 heterocycles. The fourth-order valence-corrected chi connectivity index (χ4v) is 3.86. The van der Waals surface area contributed by atoms with Crippen LogP contribution in [0.1, 0.15) is 6.92 Å². The predicted octanol–water partition coefficient (Wildman–Crippen LogP) is 1.87. The van der Waals surface area contributed by atoms with Crippen LogP contribution in [-0.2, 0) is 9.09 Å². The SMILES string of the molecule is CC1=C([N+](=O)[O-])C[P@@](=O)(OCCCl)/C1=N\O. The summed E-state index contributed by atoms with van der Waals surface area (Å²) in [6.45, 7) is 1.35. The van der Waals surface area contributed by atoms with Crippen LogP contribution < -0.4 is 0 Å². The Labute approximate surface area is 96.3 Å². The molecule has 1 rings (SSSR count). The second kappa shape index (κ2) is 4.95. The second-order valence-corrected chi connectivity index (χ2v) is 5.83. The van der Waals surface area contributed by atoms with E-state index in [4.69, 9.17) is 21.3 Å². The summed E-state index contributed by atoms with van der Waals surface area (Å²) < 4.78 is 17.1. The van der Waals surface area contributed by atoms with Crippen LogP contribution in [0.5, 0.6) is 0 Å². The molecule has 0 saturated carbocycles. The highest BCUT2D eigenvalue weighted by Gasteiger charge is 2.46. The van der Waals surface area contributed by atoms with Gasteiger partial charge in [0.2, 0.25) is 0 Å². The maximum absolute atomic E-state index is 12.1. The monoisotopic (exact) mass is 268 g/mol. The van der Waals surface area contributed by atoms with Gasteiger partial charge >= 0.3 is 0 Å². The second-order valence-electron chi connectivity index (χ2n) is 3.11. The molecule has 0 radical (unpaired) electrons. The molecule has 0 aromatic carbocycles. The van der Waals surface area contributed by atoms with Crippen molar-refractivity contribution in [2.75, 3.05) is 18.6 Å². The molecule has 0 aromatic heterocycles. The third-order valence-corrected chi connectivity index (χ3v) is 4.68. The van der Waals surface area contributed by atoms with Gasteiger partial charge in [0, 0.05) is 5.88 Å². The van der Waals surface area contributed by atoms with Gasteiger partial charge in [0.1, 0.15) is 6.16 Å². The minimum absolute atomic E-state index is 0.0177. The van der Waals surface area contributed by atoms with Gasteiger partial charge in [0.05, 0.1) is 17.1 Å². The molecule has 16 heavy (non-hydrogen) atoms. The van der Waals surface area contributed by atoms with E-state index in [1.807, 2.05) is 0 Å². The van der Waals surface area contributed by atoms with Crippen LogP contribution in [0, 0.1) is 10.1 Å². The lowest BCUT2D eigenvalue weighted by Gasteiger charge is -2.10. The molecule has 0 aromatic rings. The largest absolute Gasteiger partial charge is 0.410 e. The van der Waals surface area contributed by atoms with Gasteiger partial charge in [-0.1, -0.05) is 5.16 Å². The standard InChI is InChI=1S/C7H10ClN2O5P/c1-5-6(10(12)13)4-16(14,7(5)9-11)15-3-2-8/h11H,2-4H2,1H3/b9-7-/t16-/m1/s1. The topological polar surface area (TPSA) is 102 Å². The van der Waals surface area contributed by atoms with Gasteiger partial charge in [-0.3, -0.25) is 14.7 Å². The summed E-state index contributed by atoms with van der Waals surface area (Å²) >= 11 is 5.37. The maximum atomic E-state index is 12.1. The zero-order valence-corrected chi connectivity index (χ0v) is 10.1. The van der Waals surface area contributed by atoms with E-state index in [1.54, 1.807) is 0 Å². The fraction of sp³-hybridized carbons (Fsp3) is 0.571. The summed E-state index contributed by atoms with van der Waals surface area (Å²) in [5.41, 5.74) is -0.402. The Hall–Kier alpha value is -0.910. The summed E-state index contributed by atoms with van der Waals surface area (Å²) in [5, 5.41) is 22.2. The van der Waals surface area contributed by atoms with E-state index in [-0.39, 0.29) is 35.4 Å². The number of hydrogen-bond acceptors (Lipinski definition) is 6. The van der Waals surface area contributed by atoms with E-state index >= 15 is 0 Å². The Bertz CT molecular complexity index is 419. The molecule has 0 spiro atoms. The highest BCUT2D eigenvalue weighted by atomic mass is 35.5. The van der Waals surface area contributed by atoms with E-state index < -0.39 is 12.3 Å². The van der Waals surface area contributed by atoms with Crippen molar-refractivity contribution in [1.29, 1.82) is 0 Å². The highest BCUT2D eigenvalue weighted by Crippen LogP contribution is 2.57. The van der Waals surface area contributed by atoms with E-state index in [2.05, 4.69) is 5.16 Å². The van der Waals surface area contributed by atoms with Gasteiger partial charge in [-0.15, -0.1) is 11.6 Å². The lowest BCUT2D eigenvalue weighted by molar-refractivity contribution is -0.424. The first-order valence-corrected chi connectivity index (χ1v) is 6.67. The molecule has 1 N–H and O–H groups in total. The summed E-state index contributed by atoms with van der Waals surface area (Å²) in [4.78, 5) is 9.99. The molecule has 9 heteroatoms. The number of rotatable bonds is 4. The molecule has 0 saturated heterocycles. The summed E-state index contributed by atoms with van der Waals surface area (Å²) in [6.07, 6.45) is -0.359. The molecule has 90 valence electrons. The summed E-state index contributed by atoms with van der Waals surface area (Å²) in [6, 6.07) is 0. The van der Waals surface area contributed by atoms with Crippen LogP contribution in [0.2, 0.25) is 0 Å². The molecule has 0 fully saturated rings. The van der Waals surface area contributed by atoms with Crippen LogP contribution in [0.25, 0.3) is 0 Å². The number of allylic oxidation sites excluding steroid dienone is 2. The van der Waals surface area contributed by atoms with Gasteiger partial charge in [0.15, 0.2) is 5.45 Å². The predicted molar refractivity (Wildman–Crippen MR) is 58.1 cm³/mol. The molecular weight excluding hydrogens is 259 g/mol. The van der Waals surface area contributed by atoms with Crippen molar-refractivity contribution < 1.29 is 19.2 Å². The molecule has 1 aliphatic heterocycles. The molecule has 0 aliphatic carbocycles. The summed E-state index contributed by atoms with van der Waals surface area (Å²) in [5.74, 6) is 0.107. The fourth-order valence-electron chi connectivity index (χ4n) is 1.40. The molecule has 0 amide bonds. The number of hydrogen-bond donors (Lipinski definition) is 1. The van der Waals surface area contributed by atoms with Crippen LogP contribution in [0.4, 0.5) is 0 Å². The third kappa shape index (κ3) is 2.26. The van der Waals surface area contributed by atoms with Gasteiger partial charge < -0.3 is 9.73 Å². The Morgan fingerprint density at radius 3 is 2.81 bits per heavy atom. The average Bonchev–Trinajstić information content (AvgIpc) is 2.48. The average molecular weight is 269 g/mol. The van der Waals surface area contributed by atoms with Gasteiger partial charge in [-0.05, 0) is 6.92 Å². The smallest absolute Gasteiger partial charge is 0.264 e. The van der Waals surface area contributed by atoms with Crippen molar-refractivity contribution >= 4 is 24.4 Å². The van der Waals surface area contributed by atoms with E-state index in [1.165, 1.54) is 6.92 Å².